The Morgan fingerprint density at radius 3 is 2.68 bits per heavy atom. The van der Waals surface area contributed by atoms with Crippen LogP contribution in [0.15, 0.2) is 66.9 Å². The molecule has 6 nitrogen and oxygen atoms in total. The van der Waals surface area contributed by atoms with Gasteiger partial charge in [-0.3, -0.25) is 10.1 Å². The standard InChI is InChI=1S/C26H24ClFN2O4/c1-33-24-11-4-6-16(25(24)34-15-19-20(27)8-5-9-21(19)28)13-30-23(26(31)32)12-17-14-29-22-10-3-2-7-18(17)22/h2-11,14,23,29-30H,12-13,15H2,1H3,(H,31,32). The molecule has 0 amide bonds. The Bertz CT molecular complexity index is 1290. The maximum atomic E-state index is 14.2. The van der Waals surface area contributed by atoms with Crippen molar-refractivity contribution in [1.82, 2.24) is 10.3 Å². The van der Waals surface area contributed by atoms with Crippen LogP contribution in [-0.4, -0.2) is 29.2 Å². The number of carbonyl (C=O) groups is 1. The summed E-state index contributed by atoms with van der Waals surface area (Å²) >= 11 is 6.12. The smallest absolute Gasteiger partial charge is 0.321 e. The molecule has 1 aromatic heterocycles. The first-order valence-corrected chi connectivity index (χ1v) is 11.1. The van der Waals surface area contributed by atoms with Crippen LogP contribution >= 0.6 is 11.6 Å². The quantitative estimate of drug-likeness (QED) is 0.284. The van der Waals surface area contributed by atoms with E-state index in [1.54, 1.807) is 24.3 Å². The number of benzene rings is 3. The molecule has 34 heavy (non-hydrogen) atoms. The summed E-state index contributed by atoms with van der Waals surface area (Å²) in [5, 5.41) is 14.2. The summed E-state index contributed by atoms with van der Waals surface area (Å²) in [4.78, 5) is 15.2. The number of rotatable bonds is 10. The molecule has 8 heteroatoms. The minimum absolute atomic E-state index is 0.101. The minimum atomic E-state index is -0.964. The molecule has 0 aliphatic carbocycles. The average molecular weight is 483 g/mol. The van der Waals surface area contributed by atoms with E-state index in [0.29, 0.717) is 23.5 Å². The molecule has 0 saturated heterocycles. The van der Waals surface area contributed by atoms with Crippen molar-refractivity contribution in [2.75, 3.05) is 7.11 Å². The molecule has 0 aliphatic rings. The monoisotopic (exact) mass is 482 g/mol. The first kappa shape index (κ1) is 23.6. The van der Waals surface area contributed by atoms with Crippen molar-refractivity contribution < 1.29 is 23.8 Å². The Labute approximate surface area is 201 Å². The molecule has 0 bridgehead atoms. The average Bonchev–Trinajstić information content (AvgIpc) is 3.24. The van der Waals surface area contributed by atoms with E-state index >= 15 is 0 Å². The van der Waals surface area contributed by atoms with E-state index in [0.717, 1.165) is 16.5 Å². The molecule has 0 saturated carbocycles. The van der Waals surface area contributed by atoms with Gasteiger partial charge in [0.25, 0.3) is 0 Å². The predicted molar refractivity (Wildman–Crippen MR) is 129 cm³/mol. The number of fused-ring (bicyclic) bond motifs is 1. The van der Waals surface area contributed by atoms with E-state index in [4.69, 9.17) is 21.1 Å². The van der Waals surface area contributed by atoms with E-state index in [1.807, 2.05) is 30.5 Å². The van der Waals surface area contributed by atoms with Crippen molar-refractivity contribution in [2.45, 2.75) is 25.6 Å². The van der Waals surface area contributed by atoms with E-state index < -0.39 is 17.8 Å². The second-order valence-corrected chi connectivity index (χ2v) is 8.18. The number of nitrogens with one attached hydrogen (secondary N) is 2. The summed E-state index contributed by atoms with van der Waals surface area (Å²) in [6.07, 6.45) is 2.13. The number of aliphatic carboxylic acids is 1. The molecule has 4 aromatic rings. The van der Waals surface area contributed by atoms with E-state index in [9.17, 15) is 14.3 Å². The van der Waals surface area contributed by atoms with Crippen LogP contribution in [0.25, 0.3) is 10.9 Å². The first-order valence-electron chi connectivity index (χ1n) is 10.7. The van der Waals surface area contributed by atoms with Crippen LogP contribution < -0.4 is 14.8 Å². The van der Waals surface area contributed by atoms with E-state index in [2.05, 4.69) is 10.3 Å². The summed E-state index contributed by atoms with van der Waals surface area (Å²) < 4.78 is 25.5. The summed E-state index contributed by atoms with van der Waals surface area (Å²) in [5.74, 6) is -0.580. The molecule has 0 fully saturated rings. The number of ether oxygens (including phenoxy) is 2. The molecule has 1 atom stereocenters. The van der Waals surface area contributed by atoms with Crippen LogP contribution in [0.1, 0.15) is 16.7 Å². The zero-order chi connectivity index (χ0) is 24.1. The number of hydrogen-bond acceptors (Lipinski definition) is 4. The molecular weight excluding hydrogens is 459 g/mol. The molecule has 1 unspecified atom stereocenters. The van der Waals surface area contributed by atoms with Crippen LogP contribution in [0.2, 0.25) is 5.02 Å². The Morgan fingerprint density at radius 1 is 1.12 bits per heavy atom. The number of aromatic amines is 1. The van der Waals surface area contributed by atoms with Crippen molar-refractivity contribution in [2.24, 2.45) is 0 Å². The highest BCUT2D eigenvalue weighted by Gasteiger charge is 2.21. The van der Waals surface area contributed by atoms with Crippen LogP contribution in [0.5, 0.6) is 11.5 Å². The van der Waals surface area contributed by atoms with E-state index in [1.165, 1.54) is 19.2 Å². The predicted octanol–water partition coefficient (Wildman–Crippen LogP) is 5.33. The normalized spacial score (nSPS) is 12.0. The maximum Gasteiger partial charge on any atom is 0.321 e. The van der Waals surface area contributed by atoms with Crippen LogP contribution in [0.4, 0.5) is 4.39 Å². The molecule has 4 rings (SSSR count). The van der Waals surface area contributed by atoms with Gasteiger partial charge in [-0.15, -0.1) is 0 Å². The number of carboxylic acid groups (broad SMARTS) is 1. The van der Waals surface area contributed by atoms with Crippen molar-refractivity contribution in [3.05, 3.63) is 94.4 Å². The number of carboxylic acids is 1. The van der Waals surface area contributed by atoms with Gasteiger partial charge in [0.1, 0.15) is 18.5 Å². The van der Waals surface area contributed by atoms with Crippen molar-refractivity contribution in [1.29, 1.82) is 0 Å². The van der Waals surface area contributed by atoms with Gasteiger partial charge >= 0.3 is 5.97 Å². The zero-order valence-corrected chi connectivity index (χ0v) is 19.2. The molecule has 0 spiro atoms. The third-order valence-electron chi connectivity index (χ3n) is 5.64. The van der Waals surface area contributed by atoms with Gasteiger partial charge in [0.05, 0.1) is 12.1 Å². The summed E-state index contributed by atoms with van der Waals surface area (Å²) in [6, 6.07) is 16.7. The highest BCUT2D eigenvalue weighted by Crippen LogP contribution is 2.33. The van der Waals surface area contributed by atoms with Crippen LogP contribution in [0, 0.1) is 5.82 Å². The summed E-state index contributed by atoms with van der Waals surface area (Å²) in [7, 11) is 1.51. The van der Waals surface area contributed by atoms with Gasteiger partial charge in [-0.1, -0.05) is 48.0 Å². The number of hydrogen-bond donors (Lipinski definition) is 3. The summed E-state index contributed by atoms with van der Waals surface area (Å²) in [5.41, 5.74) is 2.78. The topological polar surface area (TPSA) is 83.6 Å². The van der Waals surface area contributed by atoms with Gasteiger partial charge in [0.2, 0.25) is 0 Å². The largest absolute Gasteiger partial charge is 0.493 e. The fourth-order valence-electron chi connectivity index (χ4n) is 3.84. The van der Waals surface area contributed by atoms with Crippen molar-refractivity contribution in [3.63, 3.8) is 0 Å². The summed E-state index contributed by atoms with van der Waals surface area (Å²) in [6.45, 7) is 0.105. The fraction of sp³-hybridized carbons (Fsp3) is 0.192. The van der Waals surface area contributed by atoms with Gasteiger partial charge in [-0.25, -0.2) is 4.39 Å². The highest BCUT2D eigenvalue weighted by molar-refractivity contribution is 6.31. The lowest BCUT2D eigenvalue weighted by Gasteiger charge is -2.18. The second kappa shape index (κ2) is 10.6. The molecule has 0 radical (unpaired) electrons. The highest BCUT2D eigenvalue weighted by atomic mass is 35.5. The van der Waals surface area contributed by atoms with Gasteiger partial charge in [0, 0.05) is 41.2 Å². The number of H-pyrrole nitrogens is 1. The molecule has 0 aliphatic heterocycles. The second-order valence-electron chi connectivity index (χ2n) is 7.77. The molecule has 3 N–H and O–H groups in total. The lowest BCUT2D eigenvalue weighted by molar-refractivity contribution is -0.139. The third kappa shape index (κ3) is 5.16. The zero-order valence-electron chi connectivity index (χ0n) is 18.5. The van der Waals surface area contributed by atoms with Crippen LogP contribution in [-0.2, 0) is 24.4 Å². The van der Waals surface area contributed by atoms with Crippen molar-refractivity contribution in [3.8, 4) is 11.5 Å². The Balaban J connectivity index is 1.52. The number of aromatic nitrogens is 1. The Morgan fingerprint density at radius 2 is 1.91 bits per heavy atom. The molecule has 176 valence electrons. The first-order chi connectivity index (χ1) is 16.5. The SMILES string of the molecule is COc1cccc(CNC(Cc2c[nH]c3ccccc23)C(=O)O)c1OCc1c(F)cccc1Cl. The maximum absolute atomic E-state index is 14.2. The lowest BCUT2D eigenvalue weighted by Crippen LogP contribution is -2.38. The molecule has 3 aromatic carbocycles. The van der Waals surface area contributed by atoms with Gasteiger partial charge < -0.3 is 19.6 Å². The number of methoxy groups -OCH3 is 1. The number of para-hydroxylation sites is 2. The van der Waals surface area contributed by atoms with Crippen LogP contribution in [0.3, 0.4) is 0 Å². The van der Waals surface area contributed by atoms with Gasteiger partial charge in [0.15, 0.2) is 11.5 Å². The Hall–Kier alpha value is -3.55. The minimum Gasteiger partial charge on any atom is -0.493 e. The molecular formula is C26H24ClFN2O4. The lowest BCUT2D eigenvalue weighted by atomic mass is 10.0. The van der Waals surface area contributed by atoms with Gasteiger partial charge in [-0.05, 0) is 29.8 Å². The fourth-order valence-corrected chi connectivity index (χ4v) is 4.06. The molecule has 1 heterocycles. The van der Waals surface area contributed by atoms with E-state index in [-0.39, 0.29) is 23.7 Å². The Kier molecular flexibility index (Phi) is 7.35. The third-order valence-corrected chi connectivity index (χ3v) is 5.99. The number of halogens is 2. The van der Waals surface area contributed by atoms with Crippen molar-refractivity contribution >= 4 is 28.5 Å². The van der Waals surface area contributed by atoms with Gasteiger partial charge in [-0.2, -0.15) is 0 Å².